The van der Waals surface area contributed by atoms with Crippen molar-refractivity contribution in [2.24, 2.45) is 7.05 Å². The Hall–Kier alpha value is -1.98. The molecule has 9 nitrogen and oxygen atoms in total. The number of thioether (sulfide) groups is 1. The molecule has 2 aliphatic heterocycles. The summed E-state index contributed by atoms with van der Waals surface area (Å²) in [6.45, 7) is 1.75. The molecule has 2 aliphatic rings. The number of hydrogen-bond acceptors (Lipinski definition) is 7. The number of carbonyl (C=O) groups is 1. The Morgan fingerprint density at radius 1 is 1.17 bits per heavy atom. The van der Waals surface area contributed by atoms with Crippen molar-refractivity contribution in [3.63, 3.8) is 0 Å². The fourth-order valence-electron chi connectivity index (χ4n) is 3.76. The standard InChI is InChI=1S/C18H24N6O3S2/c1-22-18(19-20-21-22)28-12-8-17(25)24-11-7-14-13-15(5-6-16(14)24)29(26,27)23-9-3-2-4-10-23/h5-6,13H,2-4,7-12H2,1H3. The topological polar surface area (TPSA) is 101 Å². The molecule has 0 saturated carbocycles. The van der Waals surface area contributed by atoms with E-state index in [-0.39, 0.29) is 5.91 Å². The quantitative estimate of drug-likeness (QED) is 0.632. The van der Waals surface area contributed by atoms with Crippen molar-refractivity contribution in [3.8, 4) is 0 Å². The zero-order valence-electron chi connectivity index (χ0n) is 16.3. The van der Waals surface area contributed by atoms with E-state index in [1.807, 2.05) is 0 Å². The minimum absolute atomic E-state index is 0.0259. The van der Waals surface area contributed by atoms with Gasteiger partial charge in [-0.05, 0) is 53.5 Å². The van der Waals surface area contributed by atoms with Gasteiger partial charge in [0.2, 0.25) is 21.1 Å². The van der Waals surface area contributed by atoms with Crippen molar-refractivity contribution in [2.45, 2.75) is 42.2 Å². The fourth-order valence-corrected chi connectivity index (χ4v) is 6.11. The van der Waals surface area contributed by atoms with Crippen LogP contribution in [-0.4, -0.2) is 64.2 Å². The van der Waals surface area contributed by atoms with Crippen LogP contribution in [0, 0.1) is 0 Å². The van der Waals surface area contributed by atoms with Gasteiger partial charge in [0, 0.05) is 44.5 Å². The van der Waals surface area contributed by atoms with Gasteiger partial charge in [0.25, 0.3) is 0 Å². The Morgan fingerprint density at radius 2 is 1.97 bits per heavy atom. The molecule has 1 fully saturated rings. The van der Waals surface area contributed by atoms with Crippen molar-refractivity contribution in [1.82, 2.24) is 24.5 Å². The van der Waals surface area contributed by atoms with E-state index in [1.54, 1.807) is 39.1 Å². The lowest BCUT2D eigenvalue weighted by Gasteiger charge is -2.26. The summed E-state index contributed by atoms with van der Waals surface area (Å²) >= 11 is 1.44. The van der Waals surface area contributed by atoms with Crippen LogP contribution < -0.4 is 4.90 Å². The molecule has 29 heavy (non-hydrogen) atoms. The largest absolute Gasteiger partial charge is 0.312 e. The maximum absolute atomic E-state index is 12.9. The molecule has 1 saturated heterocycles. The molecule has 156 valence electrons. The average Bonchev–Trinajstić information content (AvgIpc) is 3.34. The second-order valence-corrected chi connectivity index (χ2v) is 10.2. The second kappa shape index (κ2) is 8.41. The summed E-state index contributed by atoms with van der Waals surface area (Å²) in [6.07, 6.45) is 3.94. The third-order valence-corrected chi connectivity index (χ3v) is 8.24. The zero-order valence-corrected chi connectivity index (χ0v) is 18.0. The molecular formula is C18H24N6O3S2. The Kier molecular flexibility index (Phi) is 5.88. The lowest BCUT2D eigenvalue weighted by atomic mass is 10.2. The van der Waals surface area contributed by atoms with Crippen LogP contribution in [0.4, 0.5) is 5.69 Å². The SMILES string of the molecule is Cn1nnnc1SCCC(=O)N1CCc2cc(S(=O)(=O)N3CCCCC3)ccc21. The third-order valence-electron chi connectivity index (χ3n) is 5.33. The van der Waals surface area contributed by atoms with Crippen molar-refractivity contribution < 1.29 is 13.2 Å². The number of piperidine rings is 1. The Labute approximate surface area is 174 Å². The first-order valence-corrected chi connectivity index (χ1v) is 12.2. The maximum Gasteiger partial charge on any atom is 0.243 e. The van der Waals surface area contributed by atoms with Crippen LogP contribution >= 0.6 is 11.8 Å². The van der Waals surface area contributed by atoms with E-state index < -0.39 is 10.0 Å². The van der Waals surface area contributed by atoms with Gasteiger partial charge in [-0.3, -0.25) is 4.79 Å². The van der Waals surface area contributed by atoms with Gasteiger partial charge >= 0.3 is 0 Å². The van der Waals surface area contributed by atoms with Gasteiger partial charge < -0.3 is 4.90 Å². The van der Waals surface area contributed by atoms with Gasteiger partial charge in [-0.2, -0.15) is 4.31 Å². The predicted molar refractivity (Wildman–Crippen MR) is 109 cm³/mol. The van der Waals surface area contributed by atoms with Gasteiger partial charge in [0.1, 0.15) is 0 Å². The molecule has 0 radical (unpaired) electrons. The van der Waals surface area contributed by atoms with Gasteiger partial charge in [0.15, 0.2) is 0 Å². The van der Waals surface area contributed by atoms with E-state index in [0.717, 1.165) is 30.5 Å². The fraction of sp³-hybridized carbons (Fsp3) is 0.556. The maximum atomic E-state index is 12.9. The van der Waals surface area contributed by atoms with Crippen LogP contribution in [0.3, 0.4) is 0 Å². The second-order valence-electron chi connectivity index (χ2n) is 7.23. The van der Waals surface area contributed by atoms with Crippen LogP contribution in [0.1, 0.15) is 31.2 Å². The van der Waals surface area contributed by atoms with Crippen LogP contribution in [0.2, 0.25) is 0 Å². The number of amides is 1. The summed E-state index contributed by atoms with van der Waals surface area (Å²) in [6, 6.07) is 5.15. The minimum Gasteiger partial charge on any atom is -0.312 e. The normalized spacial score (nSPS) is 17.5. The molecule has 1 aromatic heterocycles. The number of tetrazole rings is 1. The number of anilines is 1. The average molecular weight is 437 g/mol. The minimum atomic E-state index is -3.46. The first kappa shape index (κ1) is 20.3. The molecule has 0 spiro atoms. The van der Waals surface area contributed by atoms with Crippen molar-refractivity contribution >= 4 is 33.4 Å². The molecule has 1 aromatic carbocycles. The molecule has 11 heteroatoms. The number of carbonyl (C=O) groups excluding carboxylic acids is 1. The molecule has 4 rings (SSSR count). The summed E-state index contributed by atoms with van der Waals surface area (Å²) in [5.41, 5.74) is 1.74. The smallest absolute Gasteiger partial charge is 0.243 e. The summed E-state index contributed by atoms with van der Waals surface area (Å²) in [5.74, 6) is 0.610. The molecule has 3 heterocycles. The number of aryl methyl sites for hydroxylation is 1. The summed E-state index contributed by atoms with van der Waals surface area (Å²) in [5, 5.41) is 11.9. The zero-order chi connectivity index (χ0) is 20.4. The van der Waals surface area contributed by atoms with Crippen molar-refractivity contribution in [3.05, 3.63) is 23.8 Å². The molecule has 0 bridgehead atoms. The molecule has 0 N–H and O–H groups in total. The first-order valence-electron chi connectivity index (χ1n) is 9.75. The van der Waals surface area contributed by atoms with E-state index in [4.69, 9.17) is 0 Å². The van der Waals surface area contributed by atoms with E-state index in [1.165, 1.54) is 11.8 Å². The summed E-state index contributed by atoms with van der Waals surface area (Å²) < 4.78 is 29.0. The van der Waals surface area contributed by atoms with E-state index in [2.05, 4.69) is 15.5 Å². The molecule has 0 aliphatic carbocycles. The van der Waals surface area contributed by atoms with Crippen LogP contribution in [0.5, 0.6) is 0 Å². The molecule has 0 unspecified atom stereocenters. The molecule has 2 aromatic rings. The third kappa shape index (κ3) is 4.17. The van der Waals surface area contributed by atoms with Crippen LogP contribution in [0.25, 0.3) is 0 Å². The van der Waals surface area contributed by atoms with E-state index in [9.17, 15) is 13.2 Å². The lowest BCUT2D eigenvalue weighted by Crippen LogP contribution is -2.35. The van der Waals surface area contributed by atoms with Crippen LogP contribution in [0.15, 0.2) is 28.3 Å². The van der Waals surface area contributed by atoms with Gasteiger partial charge in [-0.1, -0.05) is 18.2 Å². The van der Waals surface area contributed by atoms with Crippen molar-refractivity contribution in [1.29, 1.82) is 0 Å². The number of benzene rings is 1. The Bertz CT molecular complexity index is 1000. The first-order chi connectivity index (χ1) is 14.0. The molecular weight excluding hydrogens is 412 g/mol. The highest BCUT2D eigenvalue weighted by Crippen LogP contribution is 2.32. The lowest BCUT2D eigenvalue weighted by molar-refractivity contribution is -0.118. The Morgan fingerprint density at radius 3 is 2.69 bits per heavy atom. The highest BCUT2D eigenvalue weighted by atomic mass is 32.2. The summed E-state index contributed by atoms with van der Waals surface area (Å²) in [7, 11) is -1.70. The number of rotatable bonds is 6. The predicted octanol–water partition coefficient (Wildman–Crippen LogP) is 1.46. The molecule has 1 amide bonds. The number of hydrogen-bond donors (Lipinski definition) is 0. The highest BCUT2D eigenvalue weighted by molar-refractivity contribution is 7.99. The van der Waals surface area contributed by atoms with Crippen molar-refractivity contribution in [2.75, 3.05) is 30.3 Å². The van der Waals surface area contributed by atoms with Crippen LogP contribution in [-0.2, 0) is 28.3 Å². The summed E-state index contributed by atoms with van der Waals surface area (Å²) in [4.78, 5) is 14.8. The number of nitrogens with zero attached hydrogens (tertiary/aromatic N) is 6. The monoisotopic (exact) mass is 436 g/mol. The molecule has 0 atom stereocenters. The van der Waals surface area contributed by atoms with E-state index >= 15 is 0 Å². The van der Waals surface area contributed by atoms with Gasteiger partial charge in [0.05, 0.1) is 4.90 Å². The Balaban J connectivity index is 1.42. The highest BCUT2D eigenvalue weighted by Gasteiger charge is 2.29. The van der Waals surface area contributed by atoms with E-state index in [0.29, 0.717) is 48.3 Å². The number of sulfonamides is 1. The van der Waals surface area contributed by atoms with Gasteiger partial charge in [-0.15, -0.1) is 5.10 Å². The van der Waals surface area contributed by atoms with Gasteiger partial charge in [-0.25, -0.2) is 13.1 Å². The number of fused-ring (bicyclic) bond motifs is 1. The number of aromatic nitrogens is 4.